The molecule has 6 atom stereocenters. The highest BCUT2D eigenvalue weighted by atomic mass is 16.2. The van der Waals surface area contributed by atoms with Crippen LogP contribution in [0.15, 0.2) is 41.5 Å². The minimum atomic E-state index is -0.170. The maximum absolute atomic E-state index is 12.7. The highest BCUT2D eigenvalue weighted by Gasteiger charge is 2.67. The van der Waals surface area contributed by atoms with Crippen molar-refractivity contribution in [2.45, 2.75) is 13.3 Å². The van der Waals surface area contributed by atoms with E-state index in [0.29, 0.717) is 11.8 Å². The Morgan fingerprint density at radius 2 is 1.57 bits per heavy atom. The molecule has 1 aromatic carbocycles. The Morgan fingerprint density at radius 3 is 2.13 bits per heavy atom. The third-order valence-corrected chi connectivity index (χ3v) is 6.04. The first-order chi connectivity index (χ1) is 11.1. The van der Waals surface area contributed by atoms with Crippen LogP contribution in [0.5, 0.6) is 0 Å². The molecule has 5 aliphatic rings. The molecule has 1 heterocycles. The monoisotopic (exact) mass is 306 g/mol. The van der Waals surface area contributed by atoms with E-state index in [1.807, 2.05) is 31.2 Å². The smallest absolute Gasteiger partial charge is 0.254 e. The second-order valence-corrected chi connectivity index (χ2v) is 7.30. The Hall–Kier alpha value is -2.23. The Morgan fingerprint density at radius 1 is 1.00 bits per heavy atom. The first-order valence-electron chi connectivity index (χ1n) is 8.32. The van der Waals surface area contributed by atoms with Crippen LogP contribution in [0.2, 0.25) is 0 Å². The number of carbonyl (C=O) groups is 2. The van der Waals surface area contributed by atoms with Gasteiger partial charge < -0.3 is 0 Å². The van der Waals surface area contributed by atoms with Crippen LogP contribution in [0.1, 0.15) is 17.5 Å². The fourth-order valence-electron chi connectivity index (χ4n) is 4.83. The molecule has 23 heavy (non-hydrogen) atoms. The Labute approximate surface area is 134 Å². The Balaban J connectivity index is 1.44. The highest BCUT2D eigenvalue weighted by molar-refractivity contribution is 6.06. The summed E-state index contributed by atoms with van der Waals surface area (Å²) in [7, 11) is 0. The Bertz CT molecular complexity index is 728. The Kier molecular flexibility index (Phi) is 2.53. The van der Waals surface area contributed by atoms with Crippen molar-refractivity contribution in [3.05, 3.63) is 47.5 Å². The zero-order chi connectivity index (χ0) is 15.7. The maximum Gasteiger partial charge on any atom is 0.254 e. The van der Waals surface area contributed by atoms with Crippen LogP contribution >= 0.6 is 0 Å². The number of hydrogen-bond acceptors (Lipinski definition) is 3. The zero-order valence-corrected chi connectivity index (χ0v) is 12.9. The van der Waals surface area contributed by atoms with Gasteiger partial charge in [-0.15, -0.1) is 0 Å². The van der Waals surface area contributed by atoms with Gasteiger partial charge in [0.05, 0.1) is 18.1 Å². The zero-order valence-electron chi connectivity index (χ0n) is 12.9. The van der Waals surface area contributed by atoms with Gasteiger partial charge in [0.25, 0.3) is 11.8 Å². The number of amides is 2. The molecule has 116 valence electrons. The van der Waals surface area contributed by atoms with Crippen molar-refractivity contribution in [2.24, 2.45) is 40.6 Å². The van der Waals surface area contributed by atoms with E-state index in [9.17, 15) is 9.59 Å². The van der Waals surface area contributed by atoms with Crippen molar-refractivity contribution in [3.63, 3.8) is 0 Å². The summed E-state index contributed by atoms with van der Waals surface area (Å²) in [5, 5.41) is 5.36. The van der Waals surface area contributed by atoms with E-state index >= 15 is 0 Å². The molecule has 2 saturated carbocycles. The van der Waals surface area contributed by atoms with Gasteiger partial charge in [-0.1, -0.05) is 42.0 Å². The molecular weight excluding hydrogens is 288 g/mol. The van der Waals surface area contributed by atoms with Gasteiger partial charge in [-0.25, -0.2) is 0 Å². The van der Waals surface area contributed by atoms with Crippen LogP contribution in [0.4, 0.5) is 0 Å². The number of hydrogen-bond donors (Lipinski definition) is 0. The van der Waals surface area contributed by atoms with Gasteiger partial charge in [-0.3, -0.25) is 9.59 Å². The summed E-state index contributed by atoms with van der Waals surface area (Å²) in [4.78, 5) is 25.5. The van der Waals surface area contributed by atoms with Crippen LogP contribution in [-0.2, 0) is 9.59 Å². The second kappa shape index (κ2) is 4.40. The molecular formula is C19H18N2O2. The molecule has 6 rings (SSSR count). The molecule has 0 unspecified atom stereocenters. The summed E-state index contributed by atoms with van der Waals surface area (Å²) in [5.41, 5.74) is 2.07. The lowest BCUT2D eigenvalue weighted by atomic mass is 9.63. The number of aryl methyl sites for hydroxylation is 1. The predicted molar refractivity (Wildman–Crippen MR) is 85.3 cm³/mol. The molecule has 1 aliphatic heterocycles. The molecule has 0 N–H and O–H groups in total. The first-order valence-corrected chi connectivity index (χ1v) is 8.32. The highest BCUT2D eigenvalue weighted by Crippen LogP contribution is 2.65. The normalized spacial score (nSPS) is 40.0. The van der Waals surface area contributed by atoms with Gasteiger partial charge in [0, 0.05) is 0 Å². The molecule has 0 aromatic heterocycles. The number of allylic oxidation sites excluding steroid dienone is 2. The molecule has 0 spiro atoms. The van der Waals surface area contributed by atoms with Crippen molar-refractivity contribution < 1.29 is 9.59 Å². The van der Waals surface area contributed by atoms with Crippen molar-refractivity contribution in [1.82, 2.24) is 5.01 Å². The number of benzene rings is 1. The van der Waals surface area contributed by atoms with E-state index < -0.39 is 0 Å². The third kappa shape index (κ3) is 1.75. The van der Waals surface area contributed by atoms with E-state index in [-0.39, 0.29) is 35.5 Å². The molecule has 2 amide bonds. The molecule has 0 radical (unpaired) electrons. The van der Waals surface area contributed by atoms with Gasteiger partial charge in [0.1, 0.15) is 0 Å². The molecule has 3 fully saturated rings. The molecule has 2 bridgehead atoms. The molecule has 4 nitrogen and oxygen atoms in total. The lowest BCUT2D eigenvalue weighted by Crippen LogP contribution is -2.40. The lowest BCUT2D eigenvalue weighted by Gasteiger charge is -2.37. The van der Waals surface area contributed by atoms with Crippen molar-refractivity contribution in [1.29, 1.82) is 0 Å². The quantitative estimate of drug-likeness (QED) is 0.478. The summed E-state index contributed by atoms with van der Waals surface area (Å²) in [5.74, 6) is 1.22. The van der Waals surface area contributed by atoms with Gasteiger partial charge >= 0.3 is 0 Å². The fourth-order valence-corrected chi connectivity index (χ4v) is 4.83. The van der Waals surface area contributed by atoms with Crippen LogP contribution in [0.3, 0.4) is 0 Å². The predicted octanol–water partition coefficient (Wildman–Crippen LogP) is 2.38. The lowest BCUT2D eigenvalue weighted by molar-refractivity contribution is -0.140. The SMILES string of the molecule is Cc1ccc(/C=N\N2C(=O)[C@@H]3[C@@H]4C=C[C@H]([C@@H]5C[C@H]45)[C@@H]3C2=O)cc1. The number of carbonyl (C=O) groups excluding carboxylic acids is 2. The molecule has 1 aromatic rings. The van der Waals surface area contributed by atoms with E-state index in [2.05, 4.69) is 17.3 Å². The summed E-state index contributed by atoms with van der Waals surface area (Å²) in [6.07, 6.45) is 7.15. The van der Waals surface area contributed by atoms with Gasteiger partial charge in [0.15, 0.2) is 0 Å². The summed E-state index contributed by atoms with van der Waals surface area (Å²) in [6, 6.07) is 7.87. The van der Waals surface area contributed by atoms with E-state index in [1.165, 1.54) is 12.0 Å². The third-order valence-electron chi connectivity index (χ3n) is 6.04. The van der Waals surface area contributed by atoms with Crippen molar-refractivity contribution in [3.8, 4) is 0 Å². The standard InChI is InChI=1S/C19H18N2O2/c1-10-2-4-11(5-3-10)9-20-21-18(22)16-12-6-7-13(15-8-14(12)15)17(16)19(21)23/h2-7,9,12-17H,8H2,1H3/b20-9-/t12-,13-,14-,15+,16-,17+/m1/s1. The van der Waals surface area contributed by atoms with Gasteiger partial charge in [-0.2, -0.15) is 10.1 Å². The van der Waals surface area contributed by atoms with Crippen LogP contribution in [0.25, 0.3) is 0 Å². The largest absolute Gasteiger partial charge is 0.272 e. The number of imide groups is 1. The molecule has 4 heteroatoms. The fraction of sp³-hybridized carbons (Fsp3) is 0.421. The minimum Gasteiger partial charge on any atom is -0.272 e. The minimum absolute atomic E-state index is 0.104. The van der Waals surface area contributed by atoms with Gasteiger partial charge in [0.2, 0.25) is 0 Å². The number of nitrogens with zero attached hydrogens (tertiary/aromatic N) is 2. The van der Waals surface area contributed by atoms with E-state index in [0.717, 1.165) is 10.6 Å². The van der Waals surface area contributed by atoms with Crippen molar-refractivity contribution >= 4 is 18.0 Å². The summed E-state index contributed by atoms with van der Waals surface area (Å²) in [6.45, 7) is 2.02. The average Bonchev–Trinajstić information content (AvgIpc) is 3.33. The summed E-state index contributed by atoms with van der Waals surface area (Å²) >= 11 is 0. The number of hydrazone groups is 1. The number of rotatable bonds is 2. The van der Waals surface area contributed by atoms with Crippen molar-refractivity contribution in [2.75, 3.05) is 0 Å². The molecule has 1 saturated heterocycles. The molecule has 4 aliphatic carbocycles. The van der Waals surface area contributed by atoms with E-state index in [4.69, 9.17) is 0 Å². The average molecular weight is 306 g/mol. The second-order valence-electron chi connectivity index (χ2n) is 7.30. The van der Waals surface area contributed by atoms with E-state index in [1.54, 1.807) is 6.21 Å². The first kappa shape index (κ1) is 13.2. The maximum atomic E-state index is 12.7. The topological polar surface area (TPSA) is 49.7 Å². The van der Waals surface area contributed by atoms with Crippen LogP contribution in [-0.4, -0.2) is 23.0 Å². The van der Waals surface area contributed by atoms with Gasteiger partial charge in [-0.05, 0) is 42.6 Å². The van der Waals surface area contributed by atoms with Crippen LogP contribution < -0.4 is 0 Å². The summed E-state index contributed by atoms with van der Waals surface area (Å²) < 4.78 is 0. The van der Waals surface area contributed by atoms with Crippen LogP contribution in [0, 0.1) is 42.4 Å².